The van der Waals surface area contributed by atoms with Crippen LogP contribution in [-0.4, -0.2) is 54.9 Å². The van der Waals surface area contributed by atoms with E-state index in [1.54, 1.807) is 7.05 Å². The van der Waals surface area contributed by atoms with Crippen LogP contribution in [0, 0.1) is 0 Å². The Labute approximate surface area is 107 Å². The zero-order valence-corrected chi connectivity index (χ0v) is 11.3. The third-order valence-corrected chi connectivity index (χ3v) is 4.93. The Balaban J connectivity index is 2.31. The molecule has 1 N–H and O–H groups in total. The van der Waals surface area contributed by atoms with Gasteiger partial charge in [0.25, 0.3) is 0 Å². The van der Waals surface area contributed by atoms with E-state index in [4.69, 9.17) is 5.11 Å². The van der Waals surface area contributed by atoms with E-state index in [-0.39, 0.29) is 36.3 Å². The highest BCUT2D eigenvalue weighted by molar-refractivity contribution is 7.91. The van der Waals surface area contributed by atoms with Gasteiger partial charge in [0.05, 0.1) is 11.5 Å². The van der Waals surface area contributed by atoms with Crippen molar-refractivity contribution >= 4 is 21.7 Å². The highest BCUT2D eigenvalue weighted by atomic mass is 32.2. The molecule has 1 aliphatic heterocycles. The summed E-state index contributed by atoms with van der Waals surface area (Å²) in [5, 5.41) is 8.46. The third-order valence-electron chi connectivity index (χ3n) is 3.18. The molecule has 6 nitrogen and oxygen atoms in total. The highest BCUT2D eigenvalue weighted by Gasteiger charge is 2.32. The summed E-state index contributed by atoms with van der Waals surface area (Å²) in [5.41, 5.74) is 0. The molecule has 0 aromatic heterocycles. The maximum absolute atomic E-state index is 11.8. The van der Waals surface area contributed by atoms with E-state index in [0.717, 1.165) is 0 Å². The van der Waals surface area contributed by atoms with Crippen molar-refractivity contribution in [3.63, 3.8) is 0 Å². The molecule has 0 aromatic carbocycles. The van der Waals surface area contributed by atoms with E-state index < -0.39 is 15.8 Å². The van der Waals surface area contributed by atoms with Crippen LogP contribution in [0.1, 0.15) is 32.1 Å². The normalized spacial score (nSPS) is 21.7. The number of carbonyl (C=O) groups is 2. The second-order valence-electron chi connectivity index (χ2n) is 4.66. The van der Waals surface area contributed by atoms with Crippen molar-refractivity contribution in [1.29, 1.82) is 0 Å². The molecule has 1 heterocycles. The summed E-state index contributed by atoms with van der Waals surface area (Å²) in [4.78, 5) is 23.6. The van der Waals surface area contributed by atoms with Crippen molar-refractivity contribution in [3.8, 4) is 0 Å². The molecule has 1 atom stereocenters. The standard InChI is InChI=1S/C11H19NO5S/c1-12(9-6-7-18(16,17)8-9)10(13)4-2-3-5-11(14)15/h9H,2-8H2,1H3,(H,14,15). The van der Waals surface area contributed by atoms with Gasteiger partial charge in [0.2, 0.25) is 5.91 Å². The van der Waals surface area contributed by atoms with Gasteiger partial charge in [-0.05, 0) is 19.3 Å². The van der Waals surface area contributed by atoms with Crippen LogP contribution in [0.3, 0.4) is 0 Å². The van der Waals surface area contributed by atoms with Crippen LogP contribution < -0.4 is 0 Å². The Morgan fingerprint density at radius 2 is 1.89 bits per heavy atom. The van der Waals surface area contributed by atoms with Crippen LogP contribution in [0.2, 0.25) is 0 Å². The molecule has 1 amide bonds. The summed E-state index contributed by atoms with van der Waals surface area (Å²) in [6.45, 7) is 0. The average Bonchev–Trinajstić information content (AvgIpc) is 2.63. The Hall–Kier alpha value is -1.11. The van der Waals surface area contributed by atoms with Gasteiger partial charge in [0, 0.05) is 25.9 Å². The van der Waals surface area contributed by atoms with Gasteiger partial charge in [0.1, 0.15) is 0 Å². The van der Waals surface area contributed by atoms with Gasteiger partial charge in [-0.15, -0.1) is 0 Å². The SMILES string of the molecule is CN(C(=O)CCCCC(=O)O)C1CCS(=O)(=O)C1. The van der Waals surface area contributed by atoms with Gasteiger partial charge >= 0.3 is 5.97 Å². The fourth-order valence-electron chi connectivity index (χ4n) is 2.01. The number of hydrogen-bond donors (Lipinski definition) is 1. The predicted octanol–water partition coefficient (Wildman–Crippen LogP) is 0.277. The van der Waals surface area contributed by atoms with E-state index >= 15 is 0 Å². The maximum atomic E-state index is 11.8. The lowest BCUT2D eigenvalue weighted by molar-refractivity contribution is -0.137. The van der Waals surface area contributed by atoms with Crippen LogP contribution >= 0.6 is 0 Å². The van der Waals surface area contributed by atoms with Crippen molar-refractivity contribution < 1.29 is 23.1 Å². The Bertz CT molecular complexity index is 417. The molecule has 104 valence electrons. The fourth-order valence-corrected chi connectivity index (χ4v) is 3.79. The highest BCUT2D eigenvalue weighted by Crippen LogP contribution is 2.17. The molecule has 18 heavy (non-hydrogen) atoms. The zero-order valence-electron chi connectivity index (χ0n) is 10.5. The van der Waals surface area contributed by atoms with Crippen LogP contribution in [0.15, 0.2) is 0 Å². The summed E-state index contributed by atoms with van der Waals surface area (Å²) < 4.78 is 22.6. The molecule has 0 aliphatic carbocycles. The summed E-state index contributed by atoms with van der Waals surface area (Å²) in [5.74, 6) is -0.779. The number of hydrogen-bond acceptors (Lipinski definition) is 4. The van der Waals surface area contributed by atoms with E-state index in [0.29, 0.717) is 19.3 Å². The number of amides is 1. The van der Waals surface area contributed by atoms with Crippen LogP contribution in [0.25, 0.3) is 0 Å². The number of unbranched alkanes of at least 4 members (excludes halogenated alkanes) is 1. The van der Waals surface area contributed by atoms with Crippen LogP contribution in [0.5, 0.6) is 0 Å². The summed E-state index contributed by atoms with van der Waals surface area (Å²) in [6, 6.07) is -0.220. The molecule has 1 unspecified atom stereocenters. The molecule has 0 bridgehead atoms. The monoisotopic (exact) mass is 277 g/mol. The quantitative estimate of drug-likeness (QED) is 0.704. The van der Waals surface area contributed by atoms with Gasteiger partial charge in [-0.25, -0.2) is 8.42 Å². The van der Waals surface area contributed by atoms with Crippen LogP contribution in [-0.2, 0) is 19.4 Å². The van der Waals surface area contributed by atoms with E-state index in [1.165, 1.54) is 4.90 Å². The average molecular weight is 277 g/mol. The molecule has 1 saturated heterocycles. The summed E-state index contributed by atoms with van der Waals surface area (Å²) in [6.07, 6.45) is 1.83. The smallest absolute Gasteiger partial charge is 0.303 e. The number of rotatable bonds is 6. The Kier molecular flexibility index (Phi) is 5.13. The number of carboxylic acid groups (broad SMARTS) is 1. The van der Waals surface area contributed by atoms with Gasteiger partial charge in [0.15, 0.2) is 9.84 Å². The van der Waals surface area contributed by atoms with Gasteiger partial charge in [-0.1, -0.05) is 0 Å². The van der Waals surface area contributed by atoms with Crippen molar-refractivity contribution in [2.75, 3.05) is 18.6 Å². The van der Waals surface area contributed by atoms with E-state index in [1.807, 2.05) is 0 Å². The van der Waals surface area contributed by atoms with Gasteiger partial charge < -0.3 is 10.0 Å². The summed E-state index contributed by atoms with van der Waals surface area (Å²) >= 11 is 0. The van der Waals surface area contributed by atoms with E-state index in [2.05, 4.69) is 0 Å². The minimum atomic E-state index is -2.98. The molecule has 1 rings (SSSR count). The lowest BCUT2D eigenvalue weighted by Crippen LogP contribution is -2.37. The number of carboxylic acids is 1. The Morgan fingerprint density at radius 1 is 1.28 bits per heavy atom. The molecule has 0 spiro atoms. The van der Waals surface area contributed by atoms with Crippen LogP contribution in [0.4, 0.5) is 0 Å². The fraction of sp³-hybridized carbons (Fsp3) is 0.818. The molecule has 7 heteroatoms. The largest absolute Gasteiger partial charge is 0.481 e. The molecular weight excluding hydrogens is 258 g/mol. The zero-order chi connectivity index (χ0) is 13.8. The lowest BCUT2D eigenvalue weighted by atomic mass is 10.1. The number of sulfone groups is 1. The first-order chi connectivity index (χ1) is 8.32. The predicted molar refractivity (Wildman–Crippen MR) is 65.9 cm³/mol. The first kappa shape index (κ1) is 14.9. The number of carbonyl (C=O) groups excluding carboxylic acids is 1. The van der Waals surface area contributed by atoms with E-state index in [9.17, 15) is 18.0 Å². The topological polar surface area (TPSA) is 91.8 Å². The van der Waals surface area contributed by atoms with Crippen molar-refractivity contribution in [1.82, 2.24) is 4.90 Å². The first-order valence-corrected chi connectivity index (χ1v) is 7.82. The number of aliphatic carboxylic acids is 1. The summed E-state index contributed by atoms with van der Waals surface area (Å²) in [7, 11) is -1.37. The third kappa shape index (κ3) is 4.64. The molecule has 1 aliphatic rings. The maximum Gasteiger partial charge on any atom is 0.303 e. The first-order valence-electron chi connectivity index (χ1n) is 6.00. The van der Waals surface area contributed by atoms with Crippen molar-refractivity contribution in [2.45, 2.75) is 38.1 Å². The molecule has 1 fully saturated rings. The molecule has 0 saturated carbocycles. The lowest BCUT2D eigenvalue weighted by Gasteiger charge is -2.23. The Morgan fingerprint density at radius 3 is 2.39 bits per heavy atom. The van der Waals surface area contributed by atoms with Crippen molar-refractivity contribution in [2.24, 2.45) is 0 Å². The van der Waals surface area contributed by atoms with Gasteiger partial charge in [-0.2, -0.15) is 0 Å². The van der Waals surface area contributed by atoms with Crippen molar-refractivity contribution in [3.05, 3.63) is 0 Å². The number of nitrogens with zero attached hydrogens (tertiary/aromatic N) is 1. The minimum absolute atomic E-state index is 0.0460. The van der Waals surface area contributed by atoms with Gasteiger partial charge in [-0.3, -0.25) is 9.59 Å². The molecular formula is C11H19NO5S. The second-order valence-corrected chi connectivity index (χ2v) is 6.89. The molecule has 0 radical (unpaired) electrons. The molecule has 0 aromatic rings. The minimum Gasteiger partial charge on any atom is -0.481 e. The second kappa shape index (κ2) is 6.17.